The lowest BCUT2D eigenvalue weighted by molar-refractivity contribution is -0.130. The fourth-order valence-electron chi connectivity index (χ4n) is 3.12. The lowest BCUT2D eigenvalue weighted by Crippen LogP contribution is -2.45. The minimum absolute atomic E-state index is 0.0117. The molecule has 0 fully saturated rings. The number of amides is 2. The molecule has 1 aliphatic rings. The number of carbonyl (C=O) groups is 2. The van der Waals surface area contributed by atoms with Gasteiger partial charge < -0.3 is 14.5 Å². The van der Waals surface area contributed by atoms with E-state index in [0.717, 1.165) is 11.3 Å². The maximum Gasteiger partial charge on any atom is 0.267 e. The van der Waals surface area contributed by atoms with Crippen LogP contribution in [0.15, 0.2) is 48.5 Å². The van der Waals surface area contributed by atoms with Crippen LogP contribution in [0.5, 0.6) is 5.75 Å². The van der Waals surface area contributed by atoms with Gasteiger partial charge >= 0.3 is 0 Å². The SMILES string of the molecule is Cc1ccccc1CN(C)C(=O)CCN1C(=O)[C@H](C)Oc2ccccc21. The molecule has 0 aliphatic carbocycles. The van der Waals surface area contributed by atoms with Gasteiger partial charge in [0.25, 0.3) is 5.91 Å². The Morgan fingerprint density at radius 3 is 2.62 bits per heavy atom. The second kappa shape index (κ2) is 7.60. The van der Waals surface area contributed by atoms with Crippen LogP contribution in [0.3, 0.4) is 0 Å². The first-order chi connectivity index (χ1) is 12.5. The molecule has 5 nitrogen and oxygen atoms in total. The average Bonchev–Trinajstić information content (AvgIpc) is 2.63. The highest BCUT2D eigenvalue weighted by Gasteiger charge is 2.31. The number of rotatable bonds is 5. The number of nitrogens with zero attached hydrogens (tertiary/aromatic N) is 2. The Labute approximate surface area is 154 Å². The quantitative estimate of drug-likeness (QED) is 0.830. The molecule has 3 rings (SSSR count). The fraction of sp³-hybridized carbons (Fsp3) is 0.333. The molecule has 1 heterocycles. The van der Waals surface area contributed by atoms with Crippen molar-refractivity contribution in [3.8, 4) is 5.75 Å². The summed E-state index contributed by atoms with van der Waals surface area (Å²) in [5, 5.41) is 0. The standard InChI is InChI=1S/C21H24N2O3/c1-15-8-4-5-9-17(15)14-22(3)20(24)12-13-23-18-10-6-7-11-19(18)26-16(2)21(23)25/h4-11,16H,12-14H2,1-3H3/t16-/m0/s1. The fourth-order valence-corrected chi connectivity index (χ4v) is 3.12. The van der Waals surface area contributed by atoms with E-state index in [4.69, 9.17) is 4.74 Å². The van der Waals surface area contributed by atoms with Crippen molar-refractivity contribution in [2.24, 2.45) is 0 Å². The number of hydrogen-bond donors (Lipinski definition) is 0. The smallest absolute Gasteiger partial charge is 0.267 e. The number of ether oxygens (including phenoxy) is 1. The number of hydrogen-bond acceptors (Lipinski definition) is 3. The minimum Gasteiger partial charge on any atom is -0.479 e. The van der Waals surface area contributed by atoms with E-state index in [2.05, 4.69) is 0 Å². The van der Waals surface area contributed by atoms with Crippen molar-refractivity contribution < 1.29 is 14.3 Å². The van der Waals surface area contributed by atoms with Gasteiger partial charge in [0.1, 0.15) is 5.75 Å². The van der Waals surface area contributed by atoms with Crippen molar-refractivity contribution in [3.63, 3.8) is 0 Å². The summed E-state index contributed by atoms with van der Waals surface area (Å²) in [4.78, 5) is 28.4. The second-order valence-electron chi connectivity index (χ2n) is 6.64. The molecule has 1 aliphatic heterocycles. The summed E-state index contributed by atoms with van der Waals surface area (Å²) >= 11 is 0. The zero-order valence-electron chi connectivity index (χ0n) is 15.4. The van der Waals surface area contributed by atoms with Crippen LogP contribution in [0.4, 0.5) is 5.69 Å². The van der Waals surface area contributed by atoms with E-state index in [1.807, 2.05) is 55.5 Å². The van der Waals surface area contributed by atoms with Crippen LogP contribution in [0, 0.1) is 6.92 Å². The molecule has 136 valence electrons. The van der Waals surface area contributed by atoms with Gasteiger partial charge in [-0.25, -0.2) is 0 Å². The van der Waals surface area contributed by atoms with Gasteiger partial charge in [-0.05, 0) is 37.1 Å². The molecule has 2 aromatic carbocycles. The summed E-state index contributed by atoms with van der Waals surface area (Å²) in [6.07, 6.45) is -0.264. The molecule has 0 spiro atoms. The number of benzene rings is 2. The zero-order chi connectivity index (χ0) is 18.7. The van der Waals surface area contributed by atoms with Crippen molar-refractivity contribution in [2.75, 3.05) is 18.5 Å². The maximum atomic E-state index is 12.6. The van der Waals surface area contributed by atoms with E-state index in [9.17, 15) is 9.59 Å². The van der Waals surface area contributed by atoms with Crippen LogP contribution >= 0.6 is 0 Å². The number of anilines is 1. The molecule has 1 atom stereocenters. The highest BCUT2D eigenvalue weighted by Crippen LogP contribution is 2.33. The molecule has 0 N–H and O–H groups in total. The summed E-state index contributed by atoms with van der Waals surface area (Å²) in [6.45, 7) is 4.69. The van der Waals surface area contributed by atoms with Crippen molar-refractivity contribution in [2.45, 2.75) is 32.9 Å². The predicted molar refractivity (Wildman–Crippen MR) is 101 cm³/mol. The number of para-hydroxylation sites is 2. The van der Waals surface area contributed by atoms with Gasteiger partial charge in [-0.15, -0.1) is 0 Å². The highest BCUT2D eigenvalue weighted by atomic mass is 16.5. The van der Waals surface area contributed by atoms with Gasteiger partial charge in [0.15, 0.2) is 6.10 Å². The molecule has 2 amide bonds. The lowest BCUT2D eigenvalue weighted by atomic mass is 10.1. The van der Waals surface area contributed by atoms with Gasteiger partial charge in [-0.3, -0.25) is 9.59 Å². The van der Waals surface area contributed by atoms with Gasteiger partial charge in [-0.2, -0.15) is 0 Å². The number of carbonyl (C=O) groups excluding carboxylic acids is 2. The van der Waals surface area contributed by atoms with E-state index < -0.39 is 6.10 Å². The Kier molecular flexibility index (Phi) is 5.26. The summed E-state index contributed by atoms with van der Waals surface area (Å²) in [5.74, 6) is 0.580. The van der Waals surface area contributed by atoms with E-state index in [-0.39, 0.29) is 18.2 Å². The third-order valence-corrected chi connectivity index (χ3v) is 4.72. The molecular formula is C21H24N2O3. The summed E-state index contributed by atoms with van der Waals surface area (Å²) < 4.78 is 5.63. The van der Waals surface area contributed by atoms with E-state index in [0.29, 0.717) is 18.8 Å². The number of aryl methyl sites for hydroxylation is 1. The normalized spacial score (nSPS) is 16.0. The van der Waals surface area contributed by atoms with Gasteiger partial charge in [-0.1, -0.05) is 36.4 Å². The molecule has 26 heavy (non-hydrogen) atoms. The van der Waals surface area contributed by atoms with Gasteiger partial charge in [0, 0.05) is 26.6 Å². The van der Waals surface area contributed by atoms with E-state index in [1.165, 1.54) is 5.56 Å². The van der Waals surface area contributed by atoms with Crippen molar-refractivity contribution >= 4 is 17.5 Å². The average molecular weight is 352 g/mol. The largest absolute Gasteiger partial charge is 0.479 e. The molecule has 0 bridgehead atoms. The second-order valence-corrected chi connectivity index (χ2v) is 6.64. The Bertz CT molecular complexity index is 818. The van der Waals surface area contributed by atoms with Crippen molar-refractivity contribution in [3.05, 3.63) is 59.7 Å². The summed E-state index contributed by atoms with van der Waals surface area (Å²) in [7, 11) is 1.80. The van der Waals surface area contributed by atoms with Gasteiger partial charge in [0.05, 0.1) is 5.69 Å². The summed E-state index contributed by atoms with van der Waals surface area (Å²) in [6, 6.07) is 15.5. The zero-order valence-corrected chi connectivity index (χ0v) is 15.4. The molecule has 0 unspecified atom stereocenters. The first-order valence-corrected chi connectivity index (χ1v) is 8.83. The van der Waals surface area contributed by atoms with Crippen LogP contribution in [-0.2, 0) is 16.1 Å². The molecule has 0 radical (unpaired) electrons. The molecule has 5 heteroatoms. The van der Waals surface area contributed by atoms with Crippen LogP contribution in [-0.4, -0.2) is 36.4 Å². The van der Waals surface area contributed by atoms with Crippen LogP contribution < -0.4 is 9.64 Å². The lowest BCUT2D eigenvalue weighted by Gasteiger charge is -2.33. The topological polar surface area (TPSA) is 49.9 Å². The van der Waals surface area contributed by atoms with Crippen LogP contribution in [0.1, 0.15) is 24.5 Å². The first-order valence-electron chi connectivity index (χ1n) is 8.83. The van der Waals surface area contributed by atoms with E-state index >= 15 is 0 Å². The predicted octanol–water partition coefficient (Wildman–Crippen LogP) is 3.16. The molecule has 2 aromatic rings. The molecule has 0 saturated carbocycles. The first kappa shape index (κ1) is 18.0. The number of fused-ring (bicyclic) bond motifs is 1. The Morgan fingerprint density at radius 1 is 1.15 bits per heavy atom. The Balaban J connectivity index is 1.65. The van der Waals surface area contributed by atoms with Crippen LogP contribution in [0.25, 0.3) is 0 Å². The monoisotopic (exact) mass is 352 g/mol. The summed E-state index contributed by atoms with van der Waals surface area (Å²) in [5.41, 5.74) is 3.02. The van der Waals surface area contributed by atoms with Crippen molar-refractivity contribution in [1.82, 2.24) is 4.90 Å². The van der Waals surface area contributed by atoms with E-state index in [1.54, 1.807) is 23.8 Å². The highest BCUT2D eigenvalue weighted by molar-refractivity contribution is 6.00. The Morgan fingerprint density at radius 2 is 1.85 bits per heavy atom. The minimum atomic E-state index is -0.537. The molecule has 0 aromatic heterocycles. The van der Waals surface area contributed by atoms with Crippen LogP contribution in [0.2, 0.25) is 0 Å². The third kappa shape index (κ3) is 3.72. The Hall–Kier alpha value is -2.82. The molecule has 0 saturated heterocycles. The molecular weight excluding hydrogens is 328 g/mol. The maximum absolute atomic E-state index is 12.6. The van der Waals surface area contributed by atoms with Gasteiger partial charge in [0.2, 0.25) is 5.91 Å². The third-order valence-electron chi connectivity index (χ3n) is 4.72. The van der Waals surface area contributed by atoms with Crippen molar-refractivity contribution in [1.29, 1.82) is 0 Å².